The lowest BCUT2D eigenvalue weighted by molar-refractivity contribution is -0.117. The zero-order chi connectivity index (χ0) is 12.5. The summed E-state index contributed by atoms with van der Waals surface area (Å²) in [5.74, 6) is -0.145. The van der Waals surface area contributed by atoms with Crippen LogP contribution >= 0.6 is 11.3 Å². The molecule has 4 nitrogen and oxygen atoms in total. The first-order valence-corrected chi connectivity index (χ1v) is 6.44. The fourth-order valence-electron chi connectivity index (χ4n) is 1.99. The highest BCUT2D eigenvalue weighted by Gasteiger charge is 2.44. The third-order valence-electron chi connectivity index (χ3n) is 3.02. The molecule has 1 fully saturated rings. The Morgan fingerprint density at radius 2 is 2.17 bits per heavy atom. The molecular formula is C12H10FN3OS. The van der Waals surface area contributed by atoms with E-state index < -0.39 is 0 Å². The van der Waals surface area contributed by atoms with Crippen molar-refractivity contribution >= 4 is 22.4 Å². The van der Waals surface area contributed by atoms with Crippen molar-refractivity contribution in [1.82, 2.24) is 10.2 Å². The maximum absolute atomic E-state index is 12.8. The molecule has 92 valence electrons. The maximum Gasteiger partial charge on any atom is 0.229 e. The van der Waals surface area contributed by atoms with Crippen LogP contribution in [0, 0.1) is 11.7 Å². The zero-order valence-electron chi connectivity index (χ0n) is 9.34. The summed E-state index contributed by atoms with van der Waals surface area (Å²) in [4.78, 5) is 11.9. The van der Waals surface area contributed by atoms with E-state index in [1.54, 1.807) is 17.6 Å². The van der Waals surface area contributed by atoms with Crippen LogP contribution in [0.2, 0.25) is 0 Å². The smallest absolute Gasteiger partial charge is 0.229 e. The Balaban J connectivity index is 1.63. The van der Waals surface area contributed by atoms with Gasteiger partial charge in [0, 0.05) is 5.92 Å². The molecule has 1 N–H and O–H groups in total. The lowest BCUT2D eigenvalue weighted by atomic mass is 10.1. The lowest BCUT2D eigenvalue weighted by Crippen LogP contribution is -2.14. The predicted molar refractivity (Wildman–Crippen MR) is 65.8 cm³/mol. The van der Waals surface area contributed by atoms with Crippen molar-refractivity contribution in [1.29, 1.82) is 0 Å². The monoisotopic (exact) mass is 263 g/mol. The van der Waals surface area contributed by atoms with E-state index >= 15 is 0 Å². The van der Waals surface area contributed by atoms with Crippen molar-refractivity contribution in [3.05, 3.63) is 41.2 Å². The number of halogens is 1. The molecule has 0 bridgehead atoms. The van der Waals surface area contributed by atoms with E-state index in [1.807, 2.05) is 0 Å². The normalized spacial score (nSPS) is 21.6. The second-order valence-electron chi connectivity index (χ2n) is 4.23. The van der Waals surface area contributed by atoms with Crippen LogP contribution in [0.1, 0.15) is 17.9 Å². The highest BCUT2D eigenvalue weighted by Crippen LogP contribution is 2.47. The van der Waals surface area contributed by atoms with E-state index in [0.717, 1.165) is 12.0 Å². The van der Waals surface area contributed by atoms with E-state index in [2.05, 4.69) is 15.5 Å². The van der Waals surface area contributed by atoms with E-state index in [-0.39, 0.29) is 23.6 Å². The fraction of sp³-hybridized carbons (Fsp3) is 0.250. The molecule has 3 rings (SSSR count). The average molecular weight is 263 g/mol. The highest BCUT2D eigenvalue weighted by molar-refractivity contribution is 7.13. The van der Waals surface area contributed by atoms with Gasteiger partial charge < -0.3 is 5.32 Å². The summed E-state index contributed by atoms with van der Waals surface area (Å²) in [6.45, 7) is 0. The molecule has 0 spiro atoms. The minimum Gasteiger partial charge on any atom is -0.300 e. The summed E-state index contributed by atoms with van der Waals surface area (Å²) >= 11 is 1.29. The van der Waals surface area contributed by atoms with Crippen molar-refractivity contribution in [2.24, 2.45) is 5.92 Å². The molecule has 2 aromatic rings. The molecule has 0 saturated heterocycles. The van der Waals surface area contributed by atoms with E-state index in [4.69, 9.17) is 0 Å². The first-order chi connectivity index (χ1) is 8.74. The highest BCUT2D eigenvalue weighted by atomic mass is 32.1. The van der Waals surface area contributed by atoms with Crippen LogP contribution in [0.15, 0.2) is 29.8 Å². The molecule has 18 heavy (non-hydrogen) atoms. The Bertz CT molecular complexity index is 555. The fourth-order valence-corrected chi connectivity index (χ4v) is 2.44. The average Bonchev–Trinajstić information content (AvgIpc) is 3.01. The Morgan fingerprint density at radius 3 is 2.83 bits per heavy atom. The van der Waals surface area contributed by atoms with E-state index in [1.165, 1.54) is 23.5 Å². The molecule has 0 aliphatic heterocycles. The van der Waals surface area contributed by atoms with Crippen LogP contribution in [0.5, 0.6) is 0 Å². The van der Waals surface area contributed by atoms with Gasteiger partial charge in [-0.15, -0.1) is 10.2 Å². The van der Waals surface area contributed by atoms with Gasteiger partial charge in [0.2, 0.25) is 11.0 Å². The molecule has 1 aromatic heterocycles. The van der Waals surface area contributed by atoms with Gasteiger partial charge in [0.15, 0.2) is 0 Å². The van der Waals surface area contributed by atoms with Crippen LogP contribution in [0.3, 0.4) is 0 Å². The number of rotatable bonds is 3. The Kier molecular flexibility index (Phi) is 2.79. The van der Waals surface area contributed by atoms with Crippen LogP contribution in [0.25, 0.3) is 0 Å². The number of hydrogen-bond donors (Lipinski definition) is 1. The van der Waals surface area contributed by atoms with Crippen LogP contribution in [-0.2, 0) is 4.79 Å². The van der Waals surface area contributed by atoms with Crippen molar-refractivity contribution in [2.75, 3.05) is 5.32 Å². The molecule has 6 heteroatoms. The minimum absolute atomic E-state index is 0.0407. The molecule has 2 unspecified atom stereocenters. The number of nitrogens with zero attached hydrogens (tertiary/aromatic N) is 2. The number of anilines is 1. The van der Waals surface area contributed by atoms with Gasteiger partial charge in [-0.3, -0.25) is 4.79 Å². The Hall–Kier alpha value is -1.82. The van der Waals surface area contributed by atoms with Crippen molar-refractivity contribution in [3.63, 3.8) is 0 Å². The number of carbonyl (C=O) groups is 1. The third kappa shape index (κ3) is 2.24. The second kappa shape index (κ2) is 4.45. The van der Waals surface area contributed by atoms with Gasteiger partial charge in [0.05, 0.1) is 0 Å². The van der Waals surface area contributed by atoms with Crippen LogP contribution in [0.4, 0.5) is 9.52 Å². The molecule has 1 aliphatic rings. The summed E-state index contributed by atoms with van der Waals surface area (Å²) in [5.41, 5.74) is 2.58. The standard InChI is InChI=1S/C12H10FN3OS/c13-8-3-1-7(2-4-8)9-5-10(9)11(17)15-12-16-14-6-18-12/h1-4,6,9-10H,5H2,(H,15,16,17). The maximum atomic E-state index is 12.8. The number of amides is 1. The molecule has 1 heterocycles. The third-order valence-corrected chi connectivity index (χ3v) is 3.62. The summed E-state index contributed by atoms with van der Waals surface area (Å²) in [6, 6.07) is 6.32. The van der Waals surface area contributed by atoms with Gasteiger partial charge in [-0.1, -0.05) is 23.5 Å². The lowest BCUT2D eigenvalue weighted by Gasteiger charge is -2.01. The zero-order valence-corrected chi connectivity index (χ0v) is 10.2. The van der Waals surface area contributed by atoms with Gasteiger partial charge in [-0.2, -0.15) is 0 Å². The Morgan fingerprint density at radius 1 is 1.39 bits per heavy atom. The molecule has 0 radical (unpaired) electrons. The predicted octanol–water partition coefficient (Wildman–Crippen LogP) is 2.42. The van der Waals surface area contributed by atoms with Gasteiger partial charge in [0.25, 0.3) is 0 Å². The molecule has 1 aromatic carbocycles. The summed E-state index contributed by atoms with van der Waals surface area (Å²) in [6.07, 6.45) is 0.802. The van der Waals surface area contributed by atoms with Crippen molar-refractivity contribution in [2.45, 2.75) is 12.3 Å². The summed E-state index contributed by atoms with van der Waals surface area (Å²) in [5, 5.41) is 10.7. The minimum atomic E-state index is -0.255. The number of hydrogen-bond acceptors (Lipinski definition) is 4. The first-order valence-electron chi connectivity index (χ1n) is 5.56. The molecular weight excluding hydrogens is 253 g/mol. The van der Waals surface area contributed by atoms with Crippen LogP contribution in [-0.4, -0.2) is 16.1 Å². The molecule has 2 atom stereocenters. The number of aromatic nitrogens is 2. The summed E-state index contributed by atoms with van der Waals surface area (Å²) < 4.78 is 12.8. The van der Waals surface area contributed by atoms with Gasteiger partial charge in [-0.25, -0.2) is 4.39 Å². The van der Waals surface area contributed by atoms with Crippen LogP contribution < -0.4 is 5.32 Å². The SMILES string of the molecule is O=C(Nc1nncs1)C1CC1c1ccc(F)cc1. The largest absolute Gasteiger partial charge is 0.300 e. The number of benzene rings is 1. The Labute approximate surface area is 107 Å². The second-order valence-corrected chi connectivity index (χ2v) is 5.07. The van der Waals surface area contributed by atoms with Gasteiger partial charge >= 0.3 is 0 Å². The topological polar surface area (TPSA) is 54.9 Å². The van der Waals surface area contributed by atoms with E-state index in [0.29, 0.717) is 5.13 Å². The summed E-state index contributed by atoms with van der Waals surface area (Å²) in [7, 11) is 0. The van der Waals surface area contributed by atoms with Gasteiger partial charge in [-0.05, 0) is 30.0 Å². The van der Waals surface area contributed by atoms with Crippen molar-refractivity contribution in [3.8, 4) is 0 Å². The number of carbonyl (C=O) groups excluding carboxylic acids is 1. The van der Waals surface area contributed by atoms with Gasteiger partial charge in [0.1, 0.15) is 11.3 Å². The number of nitrogens with one attached hydrogen (secondary N) is 1. The quantitative estimate of drug-likeness (QED) is 0.925. The van der Waals surface area contributed by atoms with Crippen molar-refractivity contribution < 1.29 is 9.18 Å². The molecule has 1 amide bonds. The van der Waals surface area contributed by atoms with E-state index in [9.17, 15) is 9.18 Å². The molecule has 1 saturated carbocycles. The molecule has 1 aliphatic carbocycles. The first kappa shape index (κ1) is 11.3.